The van der Waals surface area contributed by atoms with Gasteiger partial charge in [0, 0.05) is 23.0 Å². The van der Waals surface area contributed by atoms with E-state index in [2.05, 4.69) is 152 Å². The Morgan fingerprint density at radius 3 is 1.41 bits per heavy atom. The summed E-state index contributed by atoms with van der Waals surface area (Å²) in [5.74, 6) is 0. The monoisotopic (exact) mass is 439 g/mol. The number of benzene rings is 5. The highest BCUT2D eigenvalue weighted by Crippen LogP contribution is 2.40. The fourth-order valence-electron chi connectivity index (χ4n) is 4.56. The molecule has 0 atom stereocenters. The minimum absolute atomic E-state index is 0.288. The van der Waals surface area contributed by atoms with Crippen molar-refractivity contribution < 1.29 is 0 Å². The Morgan fingerprint density at radius 1 is 0.441 bits per heavy atom. The molecule has 34 heavy (non-hydrogen) atoms. The first kappa shape index (κ1) is 21.7. The van der Waals surface area contributed by atoms with E-state index in [-0.39, 0.29) is 6.04 Å². The largest absolute Gasteiger partial charge is 0.338 e. The zero-order valence-electron chi connectivity index (χ0n) is 19.7. The van der Waals surface area contributed by atoms with E-state index >= 15 is 0 Å². The van der Waals surface area contributed by atoms with Crippen molar-refractivity contribution in [2.24, 2.45) is 0 Å². The molecule has 0 aliphatic carbocycles. The van der Waals surface area contributed by atoms with Crippen LogP contribution >= 0.6 is 0 Å². The summed E-state index contributed by atoms with van der Waals surface area (Å²) in [6.45, 7) is 4.52. The lowest BCUT2D eigenvalue weighted by Gasteiger charge is -2.32. The van der Waals surface area contributed by atoms with E-state index in [1.54, 1.807) is 0 Å². The number of nitrogens with zero attached hydrogens (tertiary/aromatic N) is 1. The van der Waals surface area contributed by atoms with Crippen LogP contribution in [0.25, 0.3) is 33.4 Å². The van der Waals surface area contributed by atoms with Crippen LogP contribution in [0.1, 0.15) is 13.8 Å². The average molecular weight is 440 g/mol. The van der Waals surface area contributed by atoms with Crippen LogP contribution in [0.15, 0.2) is 133 Å². The zero-order chi connectivity index (χ0) is 23.3. The SMILES string of the molecule is CC(C)N(c1ccc(-c2ccccc2)cc1)c1cc(-c2ccccc2)ccc1-c1ccccc1. The predicted octanol–water partition coefficient (Wildman–Crippen LogP) is 9.23. The smallest absolute Gasteiger partial charge is 0.0499 e. The van der Waals surface area contributed by atoms with Gasteiger partial charge < -0.3 is 4.90 Å². The summed E-state index contributed by atoms with van der Waals surface area (Å²) >= 11 is 0. The van der Waals surface area contributed by atoms with Crippen LogP contribution in [-0.4, -0.2) is 6.04 Å². The molecule has 0 aliphatic heterocycles. The number of hydrogen-bond donors (Lipinski definition) is 0. The summed E-state index contributed by atoms with van der Waals surface area (Å²) in [4.78, 5) is 2.45. The molecule has 0 fully saturated rings. The third-order valence-electron chi connectivity index (χ3n) is 6.22. The summed E-state index contributed by atoms with van der Waals surface area (Å²) in [6.07, 6.45) is 0. The minimum atomic E-state index is 0.288. The number of anilines is 2. The molecule has 0 radical (unpaired) electrons. The highest BCUT2D eigenvalue weighted by molar-refractivity contribution is 5.87. The Hall–Kier alpha value is -4.10. The maximum absolute atomic E-state index is 2.45. The molecule has 5 rings (SSSR count). The summed E-state index contributed by atoms with van der Waals surface area (Å²) in [5.41, 5.74) is 9.79. The van der Waals surface area contributed by atoms with Crippen LogP contribution in [0.5, 0.6) is 0 Å². The zero-order valence-corrected chi connectivity index (χ0v) is 19.7. The van der Waals surface area contributed by atoms with Crippen LogP contribution in [0.2, 0.25) is 0 Å². The fourth-order valence-corrected chi connectivity index (χ4v) is 4.56. The Kier molecular flexibility index (Phi) is 6.27. The van der Waals surface area contributed by atoms with Gasteiger partial charge in [-0.3, -0.25) is 0 Å². The summed E-state index contributed by atoms with van der Waals surface area (Å²) in [7, 11) is 0. The van der Waals surface area contributed by atoms with Gasteiger partial charge in [-0.2, -0.15) is 0 Å². The molecule has 0 amide bonds. The first-order chi connectivity index (χ1) is 16.7. The van der Waals surface area contributed by atoms with E-state index in [9.17, 15) is 0 Å². The Morgan fingerprint density at radius 2 is 0.882 bits per heavy atom. The normalized spacial score (nSPS) is 10.9. The van der Waals surface area contributed by atoms with E-state index in [4.69, 9.17) is 0 Å². The van der Waals surface area contributed by atoms with E-state index in [1.807, 2.05) is 0 Å². The van der Waals surface area contributed by atoms with Gasteiger partial charge in [-0.1, -0.05) is 115 Å². The van der Waals surface area contributed by atoms with Crippen molar-refractivity contribution in [1.29, 1.82) is 0 Å². The molecule has 0 saturated carbocycles. The molecule has 0 bridgehead atoms. The quantitative estimate of drug-likeness (QED) is 0.255. The third kappa shape index (κ3) is 4.51. The number of rotatable bonds is 6. The van der Waals surface area contributed by atoms with Crippen molar-refractivity contribution >= 4 is 11.4 Å². The first-order valence-corrected chi connectivity index (χ1v) is 11.9. The first-order valence-electron chi connectivity index (χ1n) is 11.9. The van der Waals surface area contributed by atoms with Crippen LogP contribution in [0.3, 0.4) is 0 Å². The van der Waals surface area contributed by atoms with Gasteiger partial charge in [0.2, 0.25) is 0 Å². The molecule has 0 unspecified atom stereocenters. The molecule has 1 nitrogen and oxygen atoms in total. The lowest BCUT2D eigenvalue weighted by molar-refractivity contribution is 0.790. The molecule has 166 valence electrons. The topological polar surface area (TPSA) is 3.24 Å². The molecule has 5 aromatic rings. The maximum Gasteiger partial charge on any atom is 0.0499 e. The minimum Gasteiger partial charge on any atom is -0.338 e. The second kappa shape index (κ2) is 9.80. The lowest BCUT2D eigenvalue weighted by atomic mass is 9.96. The average Bonchev–Trinajstić information content (AvgIpc) is 2.90. The van der Waals surface area contributed by atoms with Crippen LogP contribution in [-0.2, 0) is 0 Å². The van der Waals surface area contributed by atoms with Crippen molar-refractivity contribution in [3.05, 3.63) is 133 Å². The molecular weight excluding hydrogens is 410 g/mol. The third-order valence-corrected chi connectivity index (χ3v) is 6.22. The summed E-state index contributed by atoms with van der Waals surface area (Å²) in [6, 6.07) is 47.9. The second-order valence-corrected chi connectivity index (χ2v) is 8.84. The van der Waals surface area contributed by atoms with Crippen molar-refractivity contribution in [2.75, 3.05) is 4.90 Å². The van der Waals surface area contributed by atoms with Gasteiger partial charge in [-0.05, 0) is 59.9 Å². The van der Waals surface area contributed by atoms with Crippen molar-refractivity contribution in [1.82, 2.24) is 0 Å². The van der Waals surface area contributed by atoms with Crippen molar-refractivity contribution in [2.45, 2.75) is 19.9 Å². The van der Waals surface area contributed by atoms with Gasteiger partial charge in [0.05, 0.1) is 0 Å². The molecule has 0 saturated heterocycles. The highest BCUT2D eigenvalue weighted by atomic mass is 15.2. The molecular formula is C33H29N. The van der Waals surface area contributed by atoms with Gasteiger partial charge in [-0.25, -0.2) is 0 Å². The lowest BCUT2D eigenvalue weighted by Crippen LogP contribution is -2.26. The van der Waals surface area contributed by atoms with Crippen LogP contribution in [0, 0.1) is 0 Å². The molecule has 0 spiro atoms. The van der Waals surface area contributed by atoms with Gasteiger partial charge in [-0.15, -0.1) is 0 Å². The second-order valence-electron chi connectivity index (χ2n) is 8.84. The van der Waals surface area contributed by atoms with Crippen LogP contribution in [0.4, 0.5) is 11.4 Å². The van der Waals surface area contributed by atoms with E-state index < -0.39 is 0 Å². The van der Waals surface area contributed by atoms with Gasteiger partial charge in [0.1, 0.15) is 0 Å². The Balaban J connectivity index is 1.63. The van der Waals surface area contributed by atoms with Crippen molar-refractivity contribution in [3.63, 3.8) is 0 Å². The molecule has 0 aromatic heterocycles. The summed E-state index contributed by atoms with van der Waals surface area (Å²) < 4.78 is 0. The molecule has 5 aromatic carbocycles. The van der Waals surface area contributed by atoms with E-state index in [0.29, 0.717) is 0 Å². The molecule has 1 heteroatoms. The molecule has 0 N–H and O–H groups in total. The van der Waals surface area contributed by atoms with Crippen LogP contribution < -0.4 is 4.90 Å². The number of hydrogen-bond acceptors (Lipinski definition) is 1. The van der Waals surface area contributed by atoms with E-state index in [0.717, 1.165) is 0 Å². The standard InChI is InChI=1S/C33H29N/c1-25(2)34(31-21-18-28(19-22-31)26-12-6-3-7-13-26)33-24-30(27-14-8-4-9-15-27)20-23-32(33)29-16-10-5-11-17-29/h3-25H,1-2H3. The van der Waals surface area contributed by atoms with Crippen molar-refractivity contribution in [3.8, 4) is 33.4 Å². The van der Waals surface area contributed by atoms with E-state index in [1.165, 1.54) is 44.8 Å². The highest BCUT2D eigenvalue weighted by Gasteiger charge is 2.19. The summed E-state index contributed by atoms with van der Waals surface area (Å²) in [5, 5.41) is 0. The van der Waals surface area contributed by atoms with Gasteiger partial charge in [0.25, 0.3) is 0 Å². The maximum atomic E-state index is 2.45. The van der Waals surface area contributed by atoms with Gasteiger partial charge >= 0.3 is 0 Å². The predicted molar refractivity (Wildman–Crippen MR) is 146 cm³/mol. The Labute approximate surface area is 203 Å². The Bertz CT molecular complexity index is 1340. The molecule has 0 heterocycles. The molecule has 0 aliphatic rings. The van der Waals surface area contributed by atoms with Gasteiger partial charge in [0.15, 0.2) is 0 Å². The fraction of sp³-hybridized carbons (Fsp3) is 0.0909.